The van der Waals surface area contributed by atoms with Crippen molar-refractivity contribution in [3.63, 3.8) is 0 Å². The Labute approximate surface area is 234 Å². The van der Waals surface area contributed by atoms with Crippen LogP contribution in [0.3, 0.4) is 0 Å². The van der Waals surface area contributed by atoms with E-state index >= 15 is 0 Å². The first-order valence-corrected chi connectivity index (χ1v) is 14.3. The van der Waals surface area contributed by atoms with Crippen molar-refractivity contribution < 1.29 is 18.0 Å². The highest BCUT2D eigenvalue weighted by atomic mass is 35.5. The van der Waals surface area contributed by atoms with Gasteiger partial charge in [0.05, 0.1) is 10.6 Å². The Morgan fingerprint density at radius 3 is 2.11 bits per heavy atom. The number of nitrogens with zero attached hydrogens (tertiary/aromatic N) is 2. The average Bonchev–Trinajstić information content (AvgIpc) is 2.87. The minimum absolute atomic E-state index is 0.0508. The number of carbonyl (C=O) groups excluding carboxylic acids is 2. The molecule has 0 aromatic heterocycles. The Kier molecular flexibility index (Phi) is 9.82. The molecule has 0 heterocycles. The fraction of sp³-hybridized carbons (Fsp3) is 0.286. The van der Waals surface area contributed by atoms with Gasteiger partial charge >= 0.3 is 0 Å². The Balaban J connectivity index is 2.07. The van der Waals surface area contributed by atoms with Crippen LogP contribution in [-0.4, -0.2) is 44.3 Å². The Hall–Kier alpha value is -3.07. The molecule has 0 aliphatic heterocycles. The van der Waals surface area contributed by atoms with E-state index in [0.29, 0.717) is 27.8 Å². The quantitative estimate of drug-likeness (QED) is 0.352. The highest BCUT2D eigenvalue weighted by Crippen LogP contribution is 2.28. The van der Waals surface area contributed by atoms with Gasteiger partial charge in [0.25, 0.3) is 10.0 Å². The van der Waals surface area contributed by atoms with Gasteiger partial charge in [0, 0.05) is 28.7 Å². The van der Waals surface area contributed by atoms with Crippen LogP contribution in [0.4, 0.5) is 5.69 Å². The van der Waals surface area contributed by atoms with Gasteiger partial charge in [-0.1, -0.05) is 59.1 Å². The highest BCUT2D eigenvalue weighted by molar-refractivity contribution is 7.92. The van der Waals surface area contributed by atoms with Gasteiger partial charge in [-0.05, 0) is 69.7 Å². The van der Waals surface area contributed by atoms with Gasteiger partial charge < -0.3 is 10.2 Å². The number of aryl methyl sites for hydroxylation is 2. The maximum Gasteiger partial charge on any atom is 0.264 e. The lowest BCUT2D eigenvalue weighted by molar-refractivity contribution is -0.139. The van der Waals surface area contributed by atoms with Crippen molar-refractivity contribution in [2.75, 3.05) is 17.4 Å². The third kappa shape index (κ3) is 6.87. The topological polar surface area (TPSA) is 86.8 Å². The fourth-order valence-electron chi connectivity index (χ4n) is 3.91. The molecule has 0 saturated carbocycles. The minimum Gasteiger partial charge on any atom is -0.355 e. The zero-order valence-corrected chi connectivity index (χ0v) is 24.1. The van der Waals surface area contributed by atoms with Gasteiger partial charge in [0.2, 0.25) is 11.8 Å². The molecule has 0 aliphatic rings. The minimum atomic E-state index is -4.13. The molecule has 0 bridgehead atoms. The largest absolute Gasteiger partial charge is 0.355 e. The third-order valence-electron chi connectivity index (χ3n) is 6.09. The van der Waals surface area contributed by atoms with E-state index in [2.05, 4.69) is 5.32 Å². The number of hydrogen-bond donors (Lipinski definition) is 1. The number of sulfonamides is 1. The molecule has 1 atom stereocenters. The molecule has 0 fully saturated rings. The molecule has 0 aliphatic carbocycles. The van der Waals surface area contributed by atoms with Gasteiger partial charge in [0.1, 0.15) is 12.6 Å². The molecule has 38 heavy (non-hydrogen) atoms. The monoisotopic (exact) mass is 575 g/mol. The molecular weight excluding hydrogens is 545 g/mol. The number of benzene rings is 3. The second-order valence-corrected chi connectivity index (χ2v) is 11.6. The Morgan fingerprint density at radius 1 is 0.921 bits per heavy atom. The fourth-order valence-corrected chi connectivity index (χ4v) is 5.83. The van der Waals surface area contributed by atoms with E-state index in [0.717, 1.165) is 15.4 Å². The van der Waals surface area contributed by atoms with E-state index in [1.165, 1.54) is 17.0 Å². The summed E-state index contributed by atoms with van der Waals surface area (Å²) < 4.78 is 28.7. The number of amides is 2. The number of anilines is 1. The second-order valence-electron chi connectivity index (χ2n) is 8.96. The SMILES string of the molecule is CCNC(=O)C(C)N(Cc1c(Cl)cccc1Cl)C(=O)CN(c1cccc(C)c1)S(=O)(=O)c1ccc(C)cc1. The van der Waals surface area contributed by atoms with Crippen LogP contribution in [-0.2, 0) is 26.2 Å². The van der Waals surface area contributed by atoms with Crippen LogP contribution < -0.4 is 9.62 Å². The zero-order valence-electron chi connectivity index (χ0n) is 21.7. The van der Waals surface area contributed by atoms with Crippen LogP contribution in [0.5, 0.6) is 0 Å². The molecule has 1 unspecified atom stereocenters. The van der Waals surface area contributed by atoms with Crippen LogP contribution in [0.15, 0.2) is 71.6 Å². The standard InChI is InChI=1S/C28H31Cl2N3O4S/c1-5-31-28(35)21(4)32(17-24-25(29)10-7-11-26(24)30)27(34)18-33(22-9-6-8-20(3)16-22)38(36,37)23-14-12-19(2)13-15-23/h6-16,21H,5,17-18H2,1-4H3,(H,31,35). The molecule has 1 N–H and O–H groups in total. The van der Waals surface area contributed by atoms with Crippen molar-refractivity contribution in [3.05, 3.63) is 93.5 Å². The van der Waals surface area contributed by atoms with Crippen molar-refractivity contribution in [2.24, 2.45) is 0 Å². The van der Waals surface area contributed by atoms with E-state index in [4.69, 9.17) is 23.2 Å². The summed E-state index contributed by atoms with van der Waals surface area (Å²) in [5, 5.41) is 3.39. The summed E-state index contributed by atoms with van der Waals surface area (Å²) in [4.78, 5) is 28.0. The summed E-state index contributed by atoms with van der Waals surface area (Å²) in [6.45, 7) is 6.81. The maximum atomic E-state index is 13.9. The van der Waals surface area contributed by atoms with Crippen LogP contribution in [0, 0.1) is 13.8 Å². The predicted molar refractivity (Wildman–Crippen MR) is 152 cm³/mol. The summed E-state index contributed by atoms with van der Waals surface area (Å²) in [6.07, 6.45) is 0. The van der Waals surface area contributed by atoms with Crippen LogP contribution in [0.25, 0.3) is 0 Å². The molecule has 202 valence electrons. The number of hydrogen-bond acceptors (Lipinski definition) is 4. The van der Waals surface area contributed by atoms with Gasteiger partial charge in [-0.15, -0.1) is 0 Å². The van der Waals surface area contributed by atoms with Crippen LogP contribution in [0.2, 0.25) is 10.0 Å². The molecule has 10 heteroatoms. The lowest BCUT2D eigenvalue weighted by Gasteiger charge is -2.32. The number of halogens is 2. The van der Waals surface area contributed by atoms with Crippen molar-refractivity contribution in [3.8, 4) is 0 Å². The Morgan fingerprint density at radius 2 is 1.53 bits per heavy atom. The van der Waals surface area contributed by atoms with Gasteiger partial charge in [-0.2, -0.15) is 0 Å². The average molecular weight is 577 g/mol. The summed E-state index contributed by atoms with van der Waals surface area (Å²) >= 11 is 12.8. The van der Waals surface area contributed by atoms with Crippen molar-refractivity contribution in [1.82, 2.24) is 10.2 Å². The maximum absolute atomic E-state index is 13.9. The lowest BCUT2D eigenvalue weighted by atomic mass is 10.1. The molecule has 0 radical (unpaired) electrons. The molecule has 2 amide bonds. The molecular formula is C28H31Cl2N3O4S. The summed E-state index contributed by atoms with van der Waals surface area (Å²) in [6, 6.07) is 17.4. The van der Waals surface area contributed by atoms with Crippen molar-refractivity contribution in [2.45, 2.75) is 45.2 Å². The predicted octanol–water partition coefficient (Wildman–Crippen LogP) is 5.36. The second kappa shape index (κ2) is 12.7. The lowest BCUT2D eigenvalue weighted by Crippen LogP contribution is -2.51. The molecule has 3 aromatic rings. The number of carbonyl (C=O) groups is 2. The first-order valence-electron chi connectivity index (χ1n) is 12.1. The van der Waals surface area contributed by atoms with E-state index in [-0.39, 0.29) is 17.3 Å². The normalized spacial score (nSPS) is 12.1. The van der Waals surface area contributed by atoms with Crippen molar-refractivity contribution >= 4 is 50.7 Å². The van der Waals surface area contributed by atoms with Crippen LogP contribution >= 0.6 is 23.2 Å². The van der Waals surface area contributed by atoms with Gasteiger partial charge in [-0.25, -0.2) is 8.42 Å². The number of rotatable bonds is 10. The summed E-state index contributed by atoms with van der Waals surface area (Å²) in [7, 11) is -4.13. The molecule has 0 saturated heterocycles. The number of likely N-dealkylation sites (N-methyl/N-ethyl adjacent to an activating group) is 1. The first kappa shape index (κ1) is 29.5. The van der Waals surface area contributed by atoms with E-state index < -0.39 is 28.5 Å². The smallest absolute Gasteiger partial charge is 0.264 e. The third-order valence-corrected chi connectivity index (χ3v) is 8.58. The molecule has 3 rings (SSSR count). The summed E-state index contributed by atoms with van der Waals surface area (Å²) in [5.41, 5.74) is 2.53. The highest BCUT2D eigenvalue weighted by Gasteiger charge is 2.33. The first-order chi connectivity index (χ1) is 17.9. The van der Waals surface area contributed by atoms with Gasteiger partial charge in [0.15, 0.2) is 0 Å². The molecule has 3 aromatic carbocycles. The zero-order chi connectivity index (χ0) is 28.0. The van der Waals surface area contributed by atoms with Crippen molar-refractivity contribution in [1.29, 1.82) is 0 Å². The molecule has 7 nitrogen and oxygen atoms in total. The van der Waals surface area contributed by atoms with E-state index in [1.54, 1.807) is 62.4 Å². The van der Waals surface area contributed by atoms with E-state index in [1.807, 2.05) is 19.9 Å². The number of nitrogens with one attached hydrogen (secondary N) is 1. The van der Waals surface area contributed by atoms with E-state index in [9.17, 15) is 18.0 Å². The molecule has 0 spiro atoms. The van der Waals surface area contributed by atoms with Crippen LogP contribution in [0.1, 0.15) is 30.5 Å². The summed E-state index contributed by atoms with van der Waals surface area (Å²) in [5.74, 6) is -0.968. The van der Waals surface area contributed by atoms with Gasteiger partial charge in [-0.3, -0.25) is 13.9 Å². The Bertz CT molecular complexity index is 1390.